The minimum Gasteiger partial charge on any atom is -0.489 e. The van der Waals surface area contributed by atoms with E-state index in [4.69, 9.17) is 4.74 Å². The van der Waals surface area contributed by atoms with Crippen molar-refractivity contribution in [1.29, 1.82) is 0 Å². The van der Waals surface area contributed by atoms with Gasteiger partial charge in [0.05, 0.1) is 11.3 Å². The Labute approximate surface area is 116 Å². The van der Waals surface area contributed by atoms with E-state index in [0.29, 0.717) is 26.0 Å². The zero-order valence-corrected chi connectivity index (χ0v) is 12.5. The second kappa shape index (κ2) is 7.46. The van der Waals surface area contributed by atoms with Crippen LogP contribution in [0.2, 0.25) is 0 Å². The topological polar surface area (TPSA) is 54.4 Å². The van der Waals surface area contributed by atoms with Gasteiger partial charge in [-0.3, -0.25) is 4.98 Å². The third-order valence-corrected chi connectivity index (χ3v) is 3.43. The Morgan fingerprint density at radius 1 is 1.26 bits per heavy atom. The molecular weight excluding hydrogens is 240 g/mol. The summed E-state index contributed by atoms with van der Waals surface area (Å²) >= 11 is 0. The van der Waals surface area contributed by atoms with Gasteiger partial charge in [-0.25, -0.2) is 0 Å². The molecule has 0 aliphatic carbocycles. The maximum atomic E-state index is 10.3. The summed E-state index contributed by atoms with van der Waals surface area (Å²) in [6, 6.07) is 3.86. The number of nitrogens with zero attached hydrogens (tertiary/aromatic N) is 1. The van der Waals surface area contributed by atoms with Gasteiger partial charge in [0, 0.05) is 12.2 Å². The highest BCUT2D eigenvalue weighted by atomic mass is 16.5. The summed E-state index contributed by atoms with van der Waals surface area (Å²) in [6.45, 7) is 9.85. The lowest BCUT2D eigenvalue weighted by atomic mass is 9.99. The van der Waals surface area contributed by atoms with Crippen LogP contribution in [0.5, 0.6) is 5.75 Å². The summed E-state index contributed by atoms with van der Waals surface area (Å²) < 4.78 is 5.78. The molecule has 0 saturated heterocycles. The van der Waals surface area contributed by atoms with E-state index in [-0.39, 0.29) is 0 Å². The van der Waals surface area contributed by atoms with Crippen molar-refractivity contribution in [3.8, 4) is 5.75 Å². The van der Waals surface area contributed by atoms with Crippen molar-refractivity contribution in [1.82, 2.24) is 10.3 Å². The molecule has 0 bridgehead atoms. The van der Waals surface area contributed by atoms with Crippen LogP contribution in [0.1, 0.15) is 45.0 Å². The number of nitrogens with one attached hydrogen (secondary N) is 1. The summed E-state index contributed by atoms with van der Waals surface area (Å²) in [5.74, 6) is 0.756. The highest BCUT2D eigenvalue weighted by Gasteiger charge is 2.23. The summed E-state index contributed by atoms with van der Waals surface area (Å²) in [4.78, 5) is 4.49. The molecule has 1 rings (SSSR count). The SMILES string of the molecule is CCNCc1nc(C)ccc1OCC(O)(CC)CC. The van der Waals surface area contributed by atoms with E-state index in [1.807, 2.05) is 32.9 Å². The van der Waals surface area contributed by atoms with Crippen molar-refractivity contribution in [2.75, 3.05) is 13.2 Å². The van der Waals surface area contributed by atoms with Crippen molar-refractivity contribution in [3.63, 3.8) is 0 Å². The lowest BCUT2D eigenvalue weighted by Crippen LogP contribution is -2.34. The number of aliphatic hydroxyl groups is 1. The second-order valence-corrected chi connectivity index (χ2v) is 4.90. The van der Waals surface area contributed by atoms with Gasteiger partial charge in [0.15, 0.2) is 0 Å². The zero-order chi connectivity index (χ0) is 14.3. The Balaban J connectivity index is 2.76. The Morgan fingerprint density at radius 3 is 2.53 bits per heavy atom. The molecular formula is C15H26N2O2. The second-order valence-electron chi connectivity index (χ2n) is 4.90. The Hall–Kier alpha value is -1.13. The molecule has 0 atom stereocenters. The molecule has 0 spiro atoms. The van der Waals surface area contributed by atoms with Crippen molar-refractivity contribution < 1.29 is 9.84 Å². The highest BCUT2D eigenvalue weighted by Crippen LogP contribution is 2.21. The Morgan fingerprint density at radius 2 is 1.95 bits per heavy atom. The van der Waals surface area contributed by atoms with Crippen LogP contribution in [-0.4, -0.2) is 28.8 Å². The van der Waals surface area contributed by atoms with E-state index in [1.165, 1.54) is 0 Å². The molecule has 0 aliphatic heterocycles. The first kappa shape index (κ1) is 15.9. The Bertz CT molecular complexity index is 390. The molecule has 19 heavy (non-hydrogen) atoms. The molecule has 0 aliphatic rings. The van der Waals surface area contributed by atoms with Crippen LogP contribution in [0.3, 0.4) is 0 Å². The largest absolute Gasteiger partial charge is 0.489 e. The van der Waals surface area contributed by atoms with Gasteiger partial charge < -0.3 is 15.2 Å². The first-order chi connectivity index (χ1) is 9.04. The first-order valence-electron chi connectivity index (χ1n) is 7.07. The number of aromatic nitrogens is 1. The zero-order valence-electron chi connectivity index (χ0n) is 12.5. The van der Waals surface area contributed by atoms with Crippen molar-refractivity contribution in [2.45, 2.75) is 52.7 Å². The summed E-state index contributed by atoms with van der Waals surface area (Å²) in [5.41, 5.74) is 1.12. The van der Waals surface area contributed by atoms with Crippen molar-refractivity contribution in [2.24, 2.45) is 0 Å². The van der Waals surface area contributed by atoms with Gasteiger partial charge in [0.25, 0.3) is 0 Å². The molecule has 2 N–H and O–H groups in total. The quantitative estimate of drug-likeness (QED) is 0.759. The molecule has 0 amide bonds. The van der Waals surface area contributed by atoms with Crippen LogP contribution in [0.4, 0.5) is 0 Å². The van der Waals surface area contributed by atoms with Crippen LogP contribution >= 0.6 is 0 Å². The predicted molar refractivity (Wildman–Crippen MR) is 77.4 cm³/mol. The predicted octanol–water partition coefficient (Wildman–Crippen LogP) is 2.43. The molecule has 0 saturated carbocycles. The van der Waals surface area contributed by atoms with Gasteiger partial charge in [0.1, 0.15) is 12.4 Å². The van der Waals surface area contributed by atoms with Gasteiger partial charge in [-0.05, 0) is 38.4 Å². The minimum atomic E-state index is -0.750. The molecule has 1 heterocycles. The van der Waals surface area contributed by atoms with E-state index >= 15 is 0 Å². The van der Waals surface area contributed by atoms with E-state index < -0.39 is 5.60 Å². The molecule has 4 heteroatoms. The molecule has 108 valence electrons. The molecule has 1 aromatic heterocycles. The summed E-state index contributed by atoms with van der Waals surface area (Å²) in [5, 5.41) is 13.5. The smallest absolute Gasteiger partial charge is 0.142 e. The first-order valence-corrected chi connectivity index (χ1v) is 7.07. The third kappa shape index (κ3) is 4.80. The lowest BCUT2D eigenvalue weighted by molar-refractivity contribution is -0.0117. The molecule has 0 fully saturated rings. The number of aryl methyl sites for hydroxylation is 1. The average molecular weight is 266 g/mol. The van der Waals surface area contributed by atoms with Gasteiger partial charge in [-0.1, -0.05) is 20.8 Å². The number of hydrogen-bond donors (Lipinski definition) is 2. The van der Waals surface area contributed by atoms with Gasteiger partial charge >= 0.3 is 0 Å². The maximum absolute atomic E-state index is 10.3. The van der Waals surface area contributed by atoms with E-state index in [9.17, 15) is 5.11 Å². The number of rotatable bonds is 8. The normalized spacial score (nSPS) is 11.6. The monoisotopic (exact) mass is 266 g/mol. The van der Waals surface area contributed by atoms with Crippen LogP contribution in [0.15, 0.2) is 12.1 Å². The highest BCUT2D eigenvalue weighted by molar-refractivity contribution is 5.29. The molecule has 1 aromatic rings. The summed E-state index contributed by atoms with van der Waals surface area (Å²) in [6.07, 6.45) is 1.37. The number of ether oxygens (including phenoxy) is 1. The fourth-order valence-corrected chi connectivity index (χ4v) is 1.77. The van der Waals surface area contributed by atoms with Crippen molar-refractivity contribution >= 4 is 0 Å². The molecule has 0 unspecified atom stereocenters. The fraction of sp³-hybridized carbons (Fsp3) is 0.667. The molecule has 4 nitrogen and oxygen atoms in total. The summed E-state index contributed by atoms with van der Waals surface area (Å²) in [7, 11) is 0. The van der Waals surface area contributed by atoms with Gasteiger partial charge in [0.2, 0.25) is 0 Å². The van der Waals surface area contributed by atoms with Crippen LogP contribution < -0.4 is 10.1 Å². The fourth-order valence-electron chi connectivity index (χ4n) is 1.77. The van der Waals surface area contributed by atoms with E-state index in [1.54, 1.807) is 0 Å². The van der Waals surface area contributed by atoms with Gasteiger partial charge in [-0.2, -0.15) is 0 Å². The number of hydrogen-bond acceptors (Lipinski definition) is 4. The molecule has 0 aromatic carbocycles. The van der Waals surface area contributed by atoms with Crippen LogP contribution in [-0.2, 0) is 6.54 Å². The lowest BCUT2D eigenvalue weighted by Gasteiger charge is -2.25. The third-order valence-electron chi connectivity index (χ3n) is 3.43. The van der Waals surface area contributed by atoms with Gasteiger partial charge in [-0.15, -0.1) is 0 Å². The molecule has 0 radical (unpaired) electrons. The maximum Gasteiger partial charge on any atom is 0.142 e. The minimum absolute atomic E-state index is 0.309. The Kier molecular flexibility index (Phi) is 6.25. The standard InChI is InChI=1S/C15H26N2O2/c1-5-15(18,6-2)11-19-14-9-8-12(4)17-13(14)10-16-7-3/h8-9,16,18H,5-7,10-11H2,1-4H3. The van der Waals surface area contributed by atoms with E-state index in [2.05, 4.69) is 17.2 Å². The number of pyridine rings is 1. The van der Waals surface area contributed by atoms with E-state index in [0.717, 1.165) is 23.7 Å². The van der Waals surface area contributed by atoms with Crippen LogP contribution in [0, 0.1) is 6.92 Å². The van der Waals surface area contributed by atoms with Crippen LogP contribution in [0.25, 0.3) is 0 Å². The van der Waals surface area contributed by atoms with Crippen molar-refractivity contribution in [3.05, 3.63) is 23.5 Å². The average Bonchev–Trinajstić information content (AvgIpc) is 2.43.